The van der Waals surface area contributed by atoms with Crippen LogP contribution in [0.15, 0.2) is 0 Å². The zero-order valence-electron chi connectivity index (χ0n) is 6.30. The van der Waals surface area contributed by atoms with Crippen LogP contribution in [-0.4, -0.2) is 10.5 Å². The van der Waals surface area contributed by atoms with E-state index in [1.807, 2.05) is 0 Å². The summed E-state index contributed by atoms with van der Waals surface area (Å²) in [7, 11) is 0. The van der Waals surface area contributed by atoms with Gasteiger partial charge in [0, 0.05) is 6.42 Å². The van der Waals surface area contributed by atoms with Gasteiger partial charge >= 0.3 is 0 Å². The average Bonchev–Trinajstić information content (AvgIpc) is 2.41. The van der Waals surface area contributed by atoms with Crippen LogP contribution in [0.1, 0.15) is 32.6 Å². The van der Waals surface area contributed by atoms with Crippen LogP contribution < -0.4 is 0 Å². The first kappa shape index (κ1) is 6.11. The van der Waals surface area contributed by atoms with Crippen molar-refractivity contribution in [3.8, 4) is 0 Å². The van der Waals surface area contributed by atoms with Gasteiger partial charge < -0.3 is 5.53 Å². The van der Waals surface area contributed by atoms with Crippen LogP contribution in [0.25, 0.3) is 5.53 Å². The number of nitrogens with zero attached hydrogens (tertiary/aromatic N) is 2. The normalized spacial score (nSPS) is 44.1. The predicted octanol–water partition coefficient (Wildman–Crippen LogP) is 1.87. The lowest BCUT2D eigenvalue weighted by molar-refractivity contribution is -0.0206. The summed E-state index contributed by atoms with van der Waals surface area (Å²) in [6.45, 7) is 2.22. The molecule has 0 aromatic rings. The molecule has 10 heavy (non-hydrogen) atoms. The molecule has 2 atom stereocenters. The summed E-state index contributed by atoms with van der Waals surface area (Å²) in [5.74, 6) is 0.830. The summed E-state index contributed by atoms with van der Waals surface area (Å²) in [5.41, 5.74) is 9.96. The largest absolute Gasteiger partial charge is 0.362 e. The lowest BCUT2D eigenvalue weighted by atomic mass is 9.85. The summed E-state index contributed by atoms with van der Waals surface area (Å²) in [6, 6.07) is 0. The molecule has 0 radical (unpaired) electrons. The van der Waals surface area contributed by atoms with Crippen molar-refractivity contribution in [2.24, 2.45) is 11.3 Å². The van der Waals surface area contributed by atoms with Crippen LogP contribution in [0, 0.1) is 11.3 Å². The molecule has 0 N–H and O–H groups in total. The maximum Gasteiger partial charge on any atom is 0.274 e. The summed E-state index contributed by atoms with van der Waals surface area (Å²) in [5, 5.41) is 0. The van der Waals surface area contributed by atoms with Crippen LogP contribution in [0.2, 0.25) is 0 Å². The molecule has 0 saturated heterocycles. The number of hydrogen-bond acceptors (Lipinski definition) is 0. The molecule has 54 valence electrons. The molecule has 2 fully saturated rings. The molecule has 0 aliphatic heterocycles. The highest BCUT2D eigenvalue weighted by atomic mass is 14.9. The Labute approximate surface area is 60.9 Å². The first-order chi connectivity index (χ1) is 4.74. The van der Waals surface area contributed by atoms with Crippen LogP contribution in [0.5, 0.6) is 0 Å². The lowest BCUT2D eigenvalue weighted by Gasteiger charge is -2.13. The summed E-state index contributed by atoms with van der Waals surface area (Å²) in [4.78, 5) is 3.36. The fraction of sp³-hybridized carbons (Fsp3) is 0.875. The van der Waals surface area contributed by atoms with Crippen molar-refractivity contribution in [2.75, 3.05) is 0 Å². The SMILES string of the molecule is C[C@]12CC[C@H](CC1=[N+]=[N-])C2. The molecule has 0 amide bonds. The zero-order valence-corrected chi connectivity index (χ0v) is 6.30. The van der Waals surface area contributed by atoms with Crippen LogP contribution >= 0.6 is 0 Å². The first-order valence-electron chi connectivity index (χ1n) is 3.96. The van der Waals surface area contributed by atoms with E-state index >= 15 is 0 Å². The van der Waals surface area contributed by atoms with Gasteiger partial charge in [-0.15, -0.1) is 0 Å². The molecule has 0 heterocycles. The summed E-state index contributed by atoms with van der Waals surface area (Å²) >= 11 is 0. The minimum atomic E-state index is 0.277. The van der Waals surface area contributed by atoms with E-state index in [1.165, 1.54) is 19.3 Å². The molecule has 2 aliphatic rings. The minimum absolute atomic E-state index is 0.277. The van der Waals surface area contributed by atoms with Crippen LogP contribution in [0.4, 0.5) is 0 Å². The second kappa shape index (κ2) is 1.70. The molecule has 2 aliphatic carbocycles. The number of rotatable bonds is 0. The Hall–Kier alpha value is -0.620. The molecule has 0 unspecified atom stereocenters. The predicted molar refractivity (Wildman–Crippen MR) is 38.7 cm³/mol. The van der Waals surface area contributed by atoms with Crippen molar-refractivity contribution < 1.29 is 4.79 Å². The van der Waals surface area contributed by atoms with Crippen molar-refractivity contribution in [1.29, 1.82) is 0 Å². The summed E-state index contributed by atoms with van der Waals surface area (Å²) < 4.78 is 0. The van der Waals surface area contributed by atoms with Crippen molar-refractivity contribution >= 4 is 5.71 Å². The van der Waals surface area contributed by atoms with Crippen molar-refractivity contribution in [1.82, 2.24) is 0 Å². The van der Waals surface area contributed by atoms with E-state index in [0.717, 1.165) is 18.1 Å². The topological polar surface area (TPSA) is 36.4 Å². The van der Waals surface area contributed by atoms with Gasteiger partial charge in [-0.3, -0.25) is 0 Å². The van der Waals surface area contributed by atoms with E-state index in [-0.39, 0.29) is 5.41 Å². The van der Waals surface area contributed by atoms with Crippen molar-refractivity contribution in [2.45, 2.75) is 32.6 Å². The van der Waals surface area contributed by atoms with Gasteiger partial charge in [-0.2, -0.15) is 4.79 Å². The third-order valence-electron chi connectivity index (χ3n) is 3.14. The molecule has 2 heteroatoms. The van der Waals surface area contributed by atoms with Crippen LogP contribution in [0.3, 0.4) is 0 Å². The third kappa shape index (κ3) is 0.600. The second-order valence-electron chi connectivity index (χ2n) is 3.92. The van der Waals surface area contributed by atoms with Gasteiger partial charge in [0.2, 0.25) is 0 Å². The Bertz CT molecular complexity index is 215. The minimum Gasteiger partial charge on any atom is -0.362 e. The molecular weight excluding hydrogens is 124 g/mol. The third-order valence-corrected chi connectivity index (χ3v) is 3.14. The monoisotopic (exact) mass is 136 g/mol. The summed E-state index contributed by atoms with van der Waals surface area (Å²) in [6.07, 6.45) is 4.88. The maximum absolute atomic E-state index is 8.64. The molecule has 0 aromatic carbocycles. The quantitative estimate of drug-likeness (QED) is 0.360. The zero-order chi connectivity index (χ0) is 7.19. The van der Waals surface area contributed by atoms with E-state index in [0.29, 0.717) is 0 Å². The Balaban J connectivity index is 2.39. The van der Waals surface area contributed by atoms with Gasteiger partial charge in [-0.25, -0.2) is 0 Å². The molecule has 2 rings (SSSR count). The van der Waals surface area contributed by atoms with E-state index in [4.69, 9.17) is 5.53 Å². The Morgan fingerprint density at radius 1 is 1.70 bits per heavy atom. The fourth-order valence-corrected chi connectivity index (χ4v) is 2.48. The maximum atomic E-state index is 8.64. The molecule has 2 nitrogen and oxygen atoms in total. The molecule has 2 saturated carbocycles. The Morgan fingerprint density at radius 3 is 2.80 bits per heavy atom. The lowest BCUT2D eigenvalue weighted by Crippen LogP contribution is -2.21. The highest BCUT2D eigenvalue weighted by Gasteiger charge is 2.51. The highest BCUT2D eigenvalue weighted by Crippen LogP contribution is 2.51. The Morgan fingerprint density at radius 2 is 2.50 bits per heavy atom. The fourth-order valence-electron chi connectivity index (χ4n) is 2.48. The van der Waals surface area contributed by atoms with Gasteiger partial charge in [0.05, 0.1) is 5.41 Å². The van der Waals surface area contributed by atoms with Gasteiger partial charge in [-0.05, 0) is 32.1 Å². The molecule has 2 bridgehead atoms. The molecule has 0 aromatic heterocycles. The van der Waals surface area contributed by atoms with Crippen LogP contribution in [-0.2, 0) is 0 Å². The highest BCUT2D eigenvalue weighted by molar-refractivity contribution is 5.88. The average molecular weight is 136 g/mol. The standard InChI is InChI=1S/C8H12N2/c1-8-3-2-6(5-8)4-7(8)10-9/h6H,2-5H2,1H3/t6-,8-/m1/s1. The van der Waals surface area contributed by atoms with Gasteiger partial charge in [-0.1, -0.05) is 0 Å². The molecular formula is C8H12N2. The molecule has 0 spiro atoms. The smallest absolute Gasteiger partial charge is 0.274 e. The van der Waals surface area contributed by atoms with Crippen molar-refractivity contribution in [3.63, 3.8) is 0 Å². The van der Waals surface area contributed by atoms with Gasteiger partial charge in [0.1, 0.15) is 0 Å². The van der Waals surface area contributed by atoms with E-state index in [1.54, 1.807) is 0 Å². The van der Waals surface area contributed by atoms with Gasteiger partial charge in [0.15, 0.2) is 0 Å². The number of hydrogen-bond donors (Lipinski definition) is 0. The van der Waals surface area contributed by atoms with E-state index < -0.39 is 0 Å². The van der Waals surface area contributed by atoms with E-state index in [2.05, 4.69) is 11.7 Å². The van der Waals surface area contributed by atoms with Gasteiger partial charge in [0.25, 0.3) is 5.71 Å². The first-order valence-corrected chi connectivity index (χ1v) is 3.96. The number of fused-ring (bicyclic) bond motifs is 2. The van der Waals surface area contributed by atoms with Crippen molar-refractivity contribution in [3.05, 3.63) is 5.53 Å². The van der Waals surface area contributed by atoms with E-state index in [9.17, 15) is 0 Å². The second-order valence-corrected chi connectivity index (χ2v) is 3.92. The Kier molecular flexibility index (Phi) is 1.04.